The van der Waals surface area contributed by atoms with Crippen molar-refractivity contribution in [3.05, 3.63) is 54.1 Å². The lowest BCUT2D eigenvalue weighted by Gasteiger charge is -2.10. The van der Waals surface area contributed by atoms with E-state index in [0.717, 1.165) is 11.1 Å². The highest BCUT2D eigenvalue weighted by atomic mass is 16.5. The van der Waals surface area contributed by atoms with Crippen LogP contribution in [0.1, 0.15) is 19.4 Å². The Bertz CT molecular complexity index is 869. The maximum atomic E-state index is 11.8. The molecule has 0 aliphatic heterocycles. The summed E-state index contributed by atoms with van der Waals surface area (Å²) in [7, 11) is 0. The first-order valence-corrected chi connectivity index (χ1v) is 8.10. The topological polar surface area (TPSA) is 80.0 Å². The number of urea groups is 1. The summed E-state index contributed by atoms with van der Waals surface area (Å²) in [6.45, 7) is 5.83. The first-order chi connectivity index (χ1) is 12.0. The standard InChI is InChI=1S/C19H20N4O2/c1-12(2)20-19(24)21-16-6-4-5-15(11-16)17-22-18(25-23-17)14-9-7-13(3)8-10-14/h4-12H,1-3H3,(H2,20,21,24). The molecule has 0 saturated heterocycles. The molecule has 0 aliphatic rings. The van der Waals surface area contributed by atoms with Crippen molar-refractivity contribution < 1.29 is 9.32 Å². The highest BCUT2D eigenvalue weighted by Gasteiger charge is 2.11. The van der Waals surface area contributed by atoms with Gasteiger partial charge in [0, 0.05) is 22.9 Å². The predicted octanol–water partition coefficient (Wildman–Crippen LogP) is 4.24. The van der Waals surface area contributed by atoms with Crippen molar-refractivity contribution in [1.29, 1.82) is 0 Å². The fourth-order valence-corrected chi connectivity index (χ4v) is 2.32. The smallest absolute Gasteiger partial charge is 0.319 e. The van der Waals surface area contributed by atoms with Crippen molar-refractivity contribution in [2.45, 2.75) is 26.8 Å². The largest absolute Gasteiger partial charge is 0.336 e. The van der Waals surface area contributed by atoms with Gasteiger partial charge in [-0.3, -0.25) is 0 Å². The molecule has 0 spiro atoms. The summed E-state index contributed by atoms with van der Waals surface area (Å²) in [5.41, 5.74) is 3.47. The van der Waals surface area contributed by atoms with Crippen LogP contribution in [0.4, 0.5) is 10.5 Å². The van der Waals surface area contributed by atoms with Gasteiger partial charge >= 0.3 is 6.03 Å². The number of nitrogens with zero attached hydrogens (tertiary/aromatic N) is 2. The third kappa shape index (κ3) is 4.23. The van der Waals surface area contributed by atoms with Crippen molar-refractivity contribution in [3.63, 3.8) is 0 Å². The van der Waals surface area contributed by atoms with Crippen LogP contribution in [0.5, 0.6) is 0 Å². The van der Waals surface area contributed by atoms with Gasteiger partial charge < -0.3 is 15.2 Å². The molecule has 128 valence electrons. The van der Waals surface area contributed by atoms with E-state index in [4.69, 9.17) is 4.52 Å². The van der Waals surface area contributed by atoms with Gasteiger partial charge in [-0.25, -0.2) is 4.79 Å². The van der Waals surface area contributed by atoms with Gasteiger partial charge in [-0.2, -0.15) is 4.98 Å². The zero-order chi connectivity index (χ0) is 17.8. The van der Waals surface area contributed by atoms with Gasteiger partial charge in [0.2, 0.25) is 5.82 Å². The van der Waals surface area contributed by atoms with E-state index in [2.05, 4.69) is 20.8 Å². The van der Waals surface area contributed by atoms with Crippen molar-refractivity contribution in [3.8, 4) is 22.8 Å². The van der Waals surface area contributed by atoms with E-state index < -0.39 is 0 Å². The Labute approximate surface area is 146 Å². The zero-order valence-electron chi connectivity index (χ0n) is 14.4. The molecule has 25 heavy (non-hydrogen) atoms. The van der Waals surface area contributed by atoms with Gasteiger partial charge in [0.25, 0.3) is 5.89 Å². The van der Waals surface area contributed by atoms with Crippen molar-refractivity contribution in [2.24, 2.45) is 0 Å². The van der Waals surface area contributed by atoms with Gasteiger partial charge in [-0.1, -0.05) is 35.0 Å². The molecule has 2 N–H and O–H groups in total. The molecule has 1 aromatic heterocycles. The minimum absolute atomic E-state index is 0.0671. The molecule has 0 fully saturated rings. The molecule has 3 aromatic rings. The molecule has 1 heterocycles. The first kappa shape index (κ1) is 16.7. The molecule has 3 rings (SSSR count). The third-order valence-electron chi connectivity index (χ3n) is 3.52. The number of anilines is 1. The number of hydrogen-bond acceptors (Lipinski definition) is 4. The van der Waals surface area contributed by atoms with Crippen molar-refractivity contribution in [2.75, 3.05) is 5.32 Å². The molecule has 0 saturated carbocycles. The molecular weight excluding hydrogens is 316 g/mol. The summed E-state index contributed by atoms with van der Waals surface area (Å²) in [4.78, 5) is 16.3. The van der Waals surface area contributed by atoms with Crippen LogP contribution < -0.4 is 10.6 Å². The van der Waals surface area contributed by atoms with Gasteiger partial charge in [-0.05, 0) is 45.0 Å². The number of amides is 2. The Hall–Kier alpha value is -3.15. The van der Waals surface area contributed by atoms with E-state index in [1.165, 1.54) is 5.56 Å². The Morgan fingerprint density at radius 1 is 1.08 bits per heavy atom. The number of hydrogen-bond donors (Lipinski definition) is 2. The highest BCUT2D eigenvalue weighted by molar-refractivity contribution is 5.90. The number of aryl methyl sites for hydroxylation is 1. The second-order valence-corrected chi connectivity index (χ2v) is 6.12. The first-order valence-electron chi connectivity index (χ1n) is 8.10. The summed E-state index contributed by atoms with van der Waals surface area (Å²) < 4.78 is 5.36. The molecule has 0 unspecified atom stereocenters. The van der Waals surface area contributed by atoms with Gasteiger partial charge in [0.05, 0.1) is 0 Å². The number of benzene rings is 2. The van der Waals surface area contributed by atoms with Crippen LogP contribution >= 0.6 is 0 Å². The Kier molecular flexibility index (Phi) is 4.79. The number of nitrogens with one attached hydrogen (secondary N) is 2. The maximum Gasteiger partial charge on any atom is 0.319 e. The summed E-state index contributed by atoms with van der Waals surface area (Å²) in [6, 6.07) is 15.0. The quantitative estimate of drug-likeness (QED) is 0.747. The second-order valence-electron chi connectivity index (χ2n) is 6.12. The average Bonchev–Trinajstić information content (AvgIpc) is 3.05. The maximum absolute atomic E-state index is 11.8. The molecule has 0 atom stereocenters. The minimum atomic E-state index is -0.249. The van der Waals surface area contributed by atoms with E-state index in [1.807, 2.05) is 69.3 Å². The normalized spacial score (nSPS) is 10.7. The van der Waals surface area contributed by atoms with E-state index in [9.17, 15) is 4.79 Å². The number of aromatic nitrogens is 2. The fourth-order valence-electron chi connectivity index (χ4n) is 2.32. The van der Waals surface area contributed by atoms with E-state index in [0.29, 0.717) is 17.4 Å². The fraction of sp³-hybridized carbons (Fsp3) is 0.211. The number of carbonyl (C=O) groups excluding carboxylic acids is 1. The van der Waals surface area contributed by atoms with Crippen LogP contribution in [0.15, 0.2) is 53.1 Å². The minimum Gasteiger partial charge on any atom is -0.336 e. The summed E-state index contributed by atoms with van der Waals surface area (Å²) in [5, 5.41) is 9.61. The van der Waals surface area contributed by atoms with E-state index >= 15 is 0 Å². The molecule has 0 aliphatic carbocycles. The Morgan fingerprint density at radius 2 is 1.84 bits per heavy atom. The molecule has 0 radical (unpaired) electrons. The van der Waals surface area contributed by atoms with Crippen LogP contribution in [0.25, 0.3) is 22.8 Å². The van der Waals surface area contributed by atoms with Gasteiger partial charge in [0.15, 0.2) is 0 Å². The average molecular weight is 336 g/mol. The lowest BCUT2D eigenvalue weighted by molar-refractivity contribution is 0.250. The lowest BCUT2D eigenvalue weighted by Crippen LogP contribution is -2.34. The van der Waals surface area contributed by atoms with E-state index in [1.54, 1.807) is 0 Å². The third-order valence-corrected chi connectivity index (χ3v) is 3.52. The van der Waals surface area contributed by atoms with Crippen LogP contribution in [-0.4, -0.2) is 22.2 Å². The zero-order valence-corrected chi connectivity index (χ0v) is 14.4. The molecule has 6 nitrogen and oxygen atoms in total. The van der Waals surface area contributed by atoms with E-state index in [-0.39, 0.29) is 12.1 Å². The SMILES string of the molecule is Cc1ccc(-c2nc(-c3cccc(NC(=O)NC(C)C)c3)no2)cc1. The summed E-state index contributed by atoms with van der Waals surface area (Å²) in [6.07, 6.45) is 0. The van der Waals surface area contributed by atoms with Crippen molar-refractivity contribution >= 4 is 11.7 Å². The van der Waals surface area contributed by atoms with Crippen LogP contribution in [0, 0.1) is 6.92 Å². The van der Waals surface area contributed by atoms with Crippen LogP contribution in [0.2, 0.25) is 0 Å². The molecule has 0 bridgehead atoms. The van der Waals surface area contributed by atoms with Gasteiger partial charge in [-0.15, -0.1) is 0 Å². The molecular formula is C19H20N4O2. The number of rotatable bonds is 4. The Morgan fingerprint density at radius 3 is 2.56 bits per heavy atom. The predicted molar refractivity (Wildman–Crippen MR) is 97.2 cm³/mol. The molecule has 2 amide bonds. The van der Waals surface area contributed by atoms with Crippen molar-refractivity contribution in [1.82, 2.24) is 15.5 Å². The summed E-state index contributed by atoms with van der Waals surface area (Å²) in [5.74, 6) is 0.939. The molecule has 6 heteroatoms. The highest BCUT2D eigenvalue weighted by Crippen LogP contribution is 2.24. The Balaban J connectivity index is 1.79. The molecule has 2 aromatic carbocycles. The number of carbonyl (C=O) groups is 1. The summed E-state index contributed by atoms with van der Waals surface area (Å²) >= 11 is 0. The lowest BCUT2D eigenvalue weighted by atomic mass is 10.1. The van der Waals surface area contributed by atoms with Gasteiger partial charge in [0.1, 0.15) is 0 Å². The van der Waals surface area contributed by atoms with Crippen LogP contribution in [0.3, 0.4) is 0 Å². The van der Waals surface area contributed by atoms with Crippen LogP contribution in [-0.2, 0) is 0 Å². The second kappa shape index (κ2) is 7.17. The monoisotopic (exact) mass is 336 g/mol.